The van der Waals surface area contributed by atoms with Crippen LogP contribution in [0.1, 0.15) is 21.5 Å². The molecule has 0 aliphatic heterocycles. The first-order valence-electron chi connectivity index (χ1n) is 5.99. The van der Waals surface area contributed by atoms with Crippen LogP contribution in [0.4, 0.5) is 8.78 Å². The molecule has 0 aliphatic rings. The van der Waals surface area contributed by atoms with Crippen molar-refractivity contribution in [2.24, 2.45) is 0 Å². The van der Waals surface area contributed by atoms with Gasteiger partial charge in [0.05, 0.1) is 0 Å². The summed E-state index contributed by atoms with van der Waals surface area (Å²) < 4.78 is 26.2. The SMILES string of the molecule is Cc1c(O)cccc1C(=O)NCc1ccc(F)cc1F. The van der Waals surface area contributed by atoms with Crippen molar-refractivity contribution in [2.75, 3.05) is 0 Å². The Bertz CT molecular complexity index is 656. The molecule has 0 saturated carbocycles. The van der Waals surface area contributed by atoms with E-state index < -0.39 is 17.5 Å². The van der Waals surface area contributed by atoms with Crippen LogP contribution in [0.3, 0.4) is 0 Å². The number of amides is 1. The molecule has 2 aromatic carbocycles. The molecule has 0 unspecified atom stereocenters. The van der Waals surface area contributed by atoms with Crippen LogP contribution in [0.2, 0.25) is 0 Å². The number of carbonyl (C=O) groups is 1. The zero-order chi connectivity index (χ0) is 14.7. The van der Waals surface area contributed by atoms with Crippen LogP contribution in [-0.2, 0) is 6.54 Å². The zero-order valence-corrected chi connectivity index (χ0v) is 10.8. The number of phenolic OH excluding ortho intramolecular Hbond substituents is 1. The summed E-state index contributed by atoms with van der Waals surface area (Å²) in [5.74, 6) is -1.79. The average Bonchev–Trinajstić information content (AvgIpc) is 2.40. The summed E-state index contributed by atoms with van der Waals surface area (Å²) in [6.07, 6.45) is 0. The largest absolute Gasteiger partial charge is 0.508 e. The fourth-order valence-corrected chi connectivity index (χ4v) is 1.81. The van der Waals surface area contributed by atoms with Gasteiger partial charge in [0, 0.05) is 29.3 Å². The molecule has 0 saturated heterocycles. The number of hydrogen-bond donors (Lipinski definition) is 2. The lowest BCUT2D eigenvalue weighted by molar-refractivity contribution is 0.0949. The summed E-state index contributed by atoms with van der Waals surface area (Å²) in [4.78, 5) is 12.0. The Morgan fingerprint density at radius 3 is 2.70 bits per heavy atom. The van der Waals surface area contributed by atoms with E-state index in [9.17, 15) is 18.7 Å². The first kappa shape index (κ1) is 14.0. The quantitative estimate of drug-likeness (QED) is 0.906. The van der Waals surface area contributed by atoms with E-state index in [0.717, 1.165) is 12.1 Å². The minimum Gasteiger partial charge on any atom is -0.508 e. The first-order valence-corrected chi connectivity index (χ1v) is 5.99. The minimum absolute atomic E-state index is 0.0191. The van der Waals surface area contributed by atoms with E-state index in [0.29, 0.717) is 11.1 Å². The Morgan fingerprint density at radius 1 is 1.25 bits per heavy atom. The van der Waals surface area contributed by atoms with Gasteiger partial charge in [0.2, 0.25) is 0 Å². The van der Waals surface area contributed by atoms with Crippen molar-refractivity contribution in [3.05, 3.63) is 64.7 Å². The van der Waals surface area contributed by atoms with E-state index in [2.05, 4.69) is 5.32 Å². The molecule has 2 N–H and O–H groups in total. The third-order valence-electron chi connectivity index (χ3n) is 3.00. The Morgan fingerprint density at radius 2 is 2.00 bits per heavy atom. The van der Waals surface area contributed by atoms with Crippen molar-refractivity contribution in [3.8, 4) is 5.75 Å². The van der Waals surface area contributed by atoms with Crippen LogP contribution < -0.4 is 5.32 Å². The summed E-state index contributed by atoms with van der Waals surface area (Å²) in [6.45, 7) is 1.56. The number of phenols is 1. The number of halogens is 2. The number of rotatable bonds is 3. The van der Waals surface area contributed by atoms with Crippen LogP contribution in [-0.4, -0.2) is 11.0 Å². The molecule has 2 rings (SSSR count). The van der Waals surface area contributed by atoms with Gasteiger partial charge in [-0.25, -0.2) is 8.78 Å². The third kappa shape index (κ3) is 2.93. The molecule has 1 amide bonds. The number of benzene rings is 2. The van der Waals surface area contributed by atoms with Crippen LogP contribution in [0, 0.1) is 18.6 Å². The molecule has 0 heterocycles. The monoisotopic (exact) mass is 277 g/mol. The van der Waals surface area contributed by atoms with Gasteiger partial charge >= 0.3 is 0 Å². The minimum atomic E-state index is -0.710. The van der Waals surface area contributed by atoms with Crippen molar-refractivity contribution in [3.63, 3.8) is 0 Å². The van der Waals surface area contributed by atoms with E-state index in [4.69, 9.17) is 0 Å². The number of carbonyl (C=O) groups excluding carboxylic acids is 1. The second-order valence-electron chi connectivity index (χ2n) is 4.37. The highest BCUT2D eigenvalue weighted by Gasteiger charge is 2.12. The van der Waals surface area contributed by atoms with E-state index in [1.54, 1.807) is 19.1 Å². The molecule has 0 radical (unpaired) electrons. The molecule has 0 spiro atoms. The highest BCUT2D eigenvalue weighted by molar-refractivity contribution is 5.96. The van der Waals surface area contributed by atoms with Gasteiger partial charge in [-0.3, -0.25) is 4.79 Å². The predicted molar refractivity (Wildman–Crippen MR) is 70.4 cm³/mol. The maximum Gasteiger partial charge on any atom is 0.251 e. The molecule has 3 nitrogen and oxygen atoms in total. The van der Waals surface area contributed by atoms with Gasteiger partial charge in [-0.15, -0.1) is 0 Å². The van der Waals surface area contributed by atoms with Gasteiger partial charge < -0.3 is 10.4 Å². The van der Waals surface area contributed by atoms with E-state index >= 15 is 0 Å². The summed E-state index contributed by atoms with van der Waals surface area (Å²) in [5, 5.41) is 12.1. The Hall–Kier alpha value is -2.43. The molecule has 0 aromatic heterocycles. The lowest BCUT2D eigenvalue weighted by atomic mass is 10.1. The maximum atomic E-state index is 13.4. The molecule has 20 heavy (non-hydrogen) atoms. The Labute approximate surface area is 114 Å². The van der Waals surface area contributed by atoms with Crippen molar-refractivity contribution in [1.29, 1.82) is 0 Å². The number of hydrogen-bond acceptors (Lipinski definition) is 2. The van der Waals surface area contributed by atoms with Crippen LogP contribution in [0.5, 0.6) is 5.75 Å². The fourth-order valence-electron chi connectivity index (χ4n) is 1.81. The number of aromatic hydroxyl groups is 1. The van der Waals surface area contributed by atoms with Gasteiger partial charge in [-0.2, -0.15) is 0 Å². The van der Waals surface area contributed by atoms with E-state index in [-0.39, 0.29) is 17.9 Å². The third-order valence-corrected chi connectivity index (χ3v) is 3.00. The standard InChI is InChI=1S/C15H13F2NO2/c1-9-12(3-2-4-14(9)19)15(20)18-8-10-5-6-11(16)7-13(10)17/h2-7,19H,8H2,1H3,(H,18,20). The van der Waals surface area contributed by atoms with Crippen molar-refractivity contribution in [1.82, 2.24) is 5.32 Å². The molecule has 0 atom stereocenters. The highest BCUT2D eigenvalue weighted by atomic mass is 19.1. The lowest BCUT2D eigenvalue weighted by Crippen LogP contribution is -2.24. The Kier molecular flexibility index (Phi) is 3.98. The van der Waals surface area contributed by atoms with Crippen molar-refractivity contribution in [2.45, 2.75) is 13.5 Å². The smallest absolute Gasteiger partial charge is 0.251 e. The van der Waals surface area contributed by atoms with Gasteiger partial charge in [0.25, 0.3) is 5.91 Å². The van der Waals surface area contributed by atoms with Crippen molar-refractivity contribution < 1.29 is 18.7 Å². The van der Waals surface area contributed by atoms with Crippen LogP contribution >= 0.6 is 0 Å². The Balaban J connectivity index is 2.11. The van der Waals surface area contributed by atoms with Gasteiger partial charge in [0.15, 0.2) is 0 Å². The van der Waals surface area contributed by atoms with E-state index in [1.807, 2.05) is 0 Å². The summed E-state index contributed by atoms with van der Waals surface area (Å²) >= 11 is 0. The summed E-state index contributed by atoms with van der Waals surface area (Å²) in [7, 11) is 0. The molecule has 0 aliphatic carbocycles. The van der Waals surface area contributed by atoms with Gasteiger partial charge in [-0.1, -0.05) is 12.1 Å². The van der Waals surface area contributed by atoms with Gasteiger partial charge in [-0.05, 0) is 25.1 Å². The fraction of sp³-hybridized carbons (Fsp3) is 0.133. The zero-order valence-electron chi connectivity index (χ0n) is 10.8. The van der Waals surface area contributed by atoms with E-state index in [1.165, 1.54) is 12.1 Å². The van der Waals surface area contributed by atoms with Crippen molar-refractivity contribution >= 4 is 5.91 Å². The molecular formula is C15H13F2NO2. The maximum absolute atomic E-state index is 13.4. The summed E-state index contributed by atoms with van der Waals surface area (Å²) in [6, 6.07) is 7.76. The first-order chi connectivity index (χ1) is 9.49. The highest BCUT2D eigenvalue weighted by Crippen LogP contribution is 2.19. The second-order valence-corrected chi connectivity index (χ2v) is 4.37. The lowest BCUT2D eigenvalue weighted by Gasteiger charge is -2.09. The average molecular weight is 277 g/mol. The molecule has 104 valence electrons. The van der Waals surface area contributed by atoms with Gasteiger partial charge in [0.1, 0.15) is 17.4 Å². The number of nitrogens with one attached hydrogen (secondary N) is 1. The molecule has 2 aromatic rings. The molecule has 0 fully saturated rings. The molecular weight excluding hydrogens is 264 g/mol. The topological polar surface area (TPSA) is 49.3 Å². The normalized spacial score (nSPS) is 10.3. The van der Waals surface area contributed by atoms with Crippen LogP contribution in [0.15, 0.2) is 36.4 Å². The summed E-state index contributed by atoms with van der Waals surface area (Å²) in [5.41, 5.74) is 0.953. The predicted octanol–water partition coefficient (Wildman–Crippen LogP) is 2.91. The van der Waals surface area contributed by atoms with Crippen LogP contribution in [0.25, 0.3) is 0 Å². The molecule has 0 bridgehead atoms. The second kappa shape index (κ2) is 5.69. The molecule has 5 heteroatoms.